The van der Waals surface area contributed by atoms with E-state index >= 15 is 0 Å². The van der Waals surface area contributed by atoms with Gasteiger partial charge in [-0.1, -0.05) is 121 Å². The molecule has 0 saturated heterocycles. The minimum atomic E-state index is -0.348. The maximum atomic E-state index is 2.30. The van der Waals surface area contributed by atoms with Crippen LogP contribution in [0.3, 0.4) is 0 Å². The molecule has 4 rings (SSSR count). The molecule has 0 aliphatic carbocycles. The van der Waals surface area contributed by atoms with Gasteiger partial charge in [0.1, 0.15) is 0 Å². The average Bonchev–Trinajstić information content (AvgIpc) is 2.79. The Morgan fingerprint density at radius 3 is 0.719 bits per heavy atom. The maximum absolute atomic E-state index is 2.30. The summed E-state index contributed by atoms with van der Waals surface area (Å²) < 4.78 is 0. The topological polar surface area (TPSA) is 0 Å². The second-order valence-electron chi connectivity index (χ2n) is 6.65. The van der Waals surface area contributed by atoms with Gasteiger partial charge in [-0.2, -0.15) is 0 Å². The fourth-order valence-corrected chi connectivity index (χ4v) is 8.80. The monoisotopic (exact) mass is 862 g/mol. The van der Waals surface area contributed by atoms with Gasteiger partial charge < -0.3 is 24.8 Å². The van der Waals surface area contributed by atoms with Crippen LogP contribution < -0.4 is 46.0 Å². The van der Waals surface area contributed by atoms with Crippen LogP contribution in [-0.2, 0) is 44.8 Å². The number of hydrogen-bond acceptors (Lipinski definition) is 0. The van der Waals surface area contributed by atoms with Gasteiger partial charge in [0, 0.05) is 0 Å². The molecule has 6 heteroatoms. The number of benzene rings is 4. The number of hydrogen-bond donors (Lipinski definition) is 0. The van der Waals surface area contributed by atoms with Gasteiger partial charge in [0.2, 0.25) is 0 Å². The Morgan fingerprint density at radius 2 is 0.531 bits per heavy atom. The van der Waals surface area contributed by atoms with Gasteiger partial charge in [0.25, 0.3) is 0 Å². The minimum Gasteiger partial charge on any atom is -1.00 e. The molecule has 0 N–H and O–H groups in total. The third-order valence-electron chi connectivity index (χ3n) is 4.82. The van der Waals surface area contributed by atoms with Gasteiger partial charge in [0.15, 0.2) is 0 Å². The summed E-state index contributed by atoms with van der Waals surface area (Å²) in [6, 6.07) is 44.2. The maximum Gasteiger partial charge on any atom is 1.00 e. The second-order valence-corrected chi connectivity index (χ2v) is 11.3. The van der Waals surface area contributed by atoms with Crippen molar-refractivity contribution in [3.63, 3.8) is 0 Å². The molecule has 4 aromatic rings. The Labute approximate surface area is 238 Å². The van der Waals surface area contributed by atoms with E-state index in [2.05, 4.69) is 121 Å². The Morgan fingerprint density at radius 1 is 0.344 bits per heavy atom. The van der Waals surface area contributed by atoms with Gasteiger partial charge in [0.05, 0.1) is 0 Å². The Kier molecular flexibility index (Phi) is 17.2. The zero-order valence-corrected chi connectivity index (χ0v) is 24.8. The van der Waals surface area contributed by atoms with Gasteiger partial charge in [-0.3, -0.25) is 0 Å². The third kappa shape index (κ3) is 8.87. The van der Waals surface area contributed by atoms with Crippen LogP contribution in [0.4, 0.5) is 0 Å². The molecule has 0 unspecified atom stereocenters. The average molecular weight is 863 g/mol. The second kappa shape index (κ2) is 17.3. The summed E-state index contributed by atoms with van der Waals surface area (Å²) in [5.41, 5.74) is 0. The van der Waals surface area contributed by atoms with Crippen LogP contribution in [0, 0.1) is 0 Å². The van der Waals surface area contributed by atoms with Crippen molar-refractivity contribution in [2.45, 2.75) is 0 Å². The summed E-state index contributed by atoms with van der Waals surface area (Å²) >= 11 is 0. The molecule has 0 radical (unpaired) electrons. The predicted molar refractivity (Wildman–Crippen MR) is 128 cm³/mol. The molecule has 0 spiro atoms. The first kappa shape index (κ1) is 31.8. The van der Waals surface area contributed by atoms with Crippen molar-refractivity contribution in [3.05, 3.63) is 121 Å². The Bertz CT molecular complexity index is 814. The molecule has 0 nitrogen and oxygen atoms in total. The van der Waals surface area contributed by atoms with Gasteiger partial charge >= 0.3 is 44.8 Å². The van der Waals surface area contributed by atoms with Crippen molar-refractivity contribution in [2.75, 3.05) is 12.3 Å². The van der Waals surface area contributed by atoms with E-state index in [-0.39, 0.29) is 85.4 Å². The van der Waals surface area contributed by atoms with Crippen LogP contribution in [0.15, 0.2) is 121 Å². The van der Waals surface area contributed by atoms with Crippen molar-refractivity contribution in [1.29, 1.82) is 0 Å². The first-order chi connectivity index (χ1) is 13.9. The molecule has 174 valence electrons. The zero-order valence-electron chi connectivity index (χ0n) is 17.2. The number of halogens is 2. The van der Waals surface area contributed by atoms with E-state index in [1.54, 1.807) is 0 Å². The van der Waals surface area contributed by atoms with Crippen LogP contribution in [0.2, 0.25) is 0 Å². The van der Waals surface area contributed by atoms with Crippen LogP contribution in [0.5, 0.6) is 0 Å². The van der Waals surface area contributed by atoms with E-state index in [0.717, 1.165) is 0 Å². The summed E-state index contributed by atoms with van der Waals surface area (Å²) in [5.74, 6) is 0. The Hall–Kier alpha value is -0.199. The van der Waals surface area contributed by atoms with Crippen molar-refractivity contribution in [2.24, 2.45) is 0 Å². The van der Waals surface area contributed by atoms with E-state index in [9.17, 15) is 0 Å². The van der Waals surface area contributed by atoms with Crippen LogP contribution in [0.25, 0.3) is 0 Å². The van der Waals surface area contributed by atoms with Crippen LogP contribution >= 0.6 is 15.8 Å². The smallest absolute Gasteiger partial charge is 1.00 e. The summed E-state index contributed by atoms with van der Waals surface area (Å²) in [4.78, 5) is 0. The standard InChI is InChI=1S/C26H24P2.2Au.2ClH/c1-5-13-23(14-6-1)27(24-15-7-2-8-16-24)21-22-28(25-17-9-3-10-18-25)26-19-11-4-12-20-26;;;;/h1-20H,21-22H2;;;2*1H/q;2*+1;;/p-2. The van der Waals surface area contributed by atoms with E-state index in [1.165, 1.54) is 33.5 Å². The fourth-order valence-electron chi connectivity index (χ4n) is 3.45. The molecular weight excluding hydrogens is 839 g/mol. The molecule has 0 saturated carbocycles. The molecule has 0 aromatic heterocycles. The van der Waals surface area contributed by atoms with E-state index < -0.39 is 0 Å². The molecule has 4 aromatic carbocycles. The van der Waals surface area contributed by atoms with Gasteiger partial charge in [-0.05, 0) is 49.4 Å². The molecule has 0 fully saturated rings. The molecule has 0 amide bonds. The summed E-state index contributed by atoms with van der Waals surface area (Å²) in [5, 5.41) is 5.89. The van der Waals surface area contributed by atoms with Crippen LogP contribution in [-0.4, -0.2) is 12.3 Å². The van der Waals surface area contributed by atoms with Crippen molar-refractivity contribution in [1.82, 2.24) is 0 Å². The first-order valence-corrected chi connectivity index (χ1v) is 12.7. The molecular formula is C26H24Au2Cl2P2. The van der Waals surface area contributed by atoms with E-state index in [4.69, 9.17) is 0 Å². The van der Waals surface area contributed by atoms with Gasteiger partial charge in [-0.25, -0.2) is 0 Å². The van der Waals surface area contributed by atoms with Crippen molar-refractivity contribution in [3.8, 4) is 0 Å². The molecule has 0 bridgehead atoms. The van der Waals surface area contributed by atoms with E-state index in [0.29, 0.717) is 0 Å². The summed E-state index contributed by atoms with van der Waals surface area (Å²) in [7, 11) is -0.696. The SMILES string of the molecule is [Au+].[Au+].[Cl-].[Cl-].c1ccc(P(CCP(c2ccccc2)c2ccccc2)c2ccccc2)cc1. The van der Waals surface area contributed by atoms with Crippen molar-refractivity contribution >= 4 is 37.1 Å². The largest absolute Gasteiger partial charge is 1.00 e. The quantitative estimate of drug-likeness (QED) is 0.170. The zero-order chi connectivity index (χ0) is 19.0. The normalized spacial score (nSPS) is 9.69. The number of rotatable bonds is 7. The van der Waals surface area contributed by atoms with E-state index in [1.807, 2.05) is 0 Å². The fraction of sp³-hybridized carbons (Fsp3) is 0.0769. The first-order valence-electron chi connectivity index (χ1n) is 9.67. The predicted octanol–water partition coefficient (Wildman–Crippen LogP) is -0.745. The minimum absolute atomic E-state index is 0. The molecule has 0 aliphatic heterocycles. The summed E-state index contributed by atoms with van der Waals surface area (Å²) in [6.07, 6.45) is 2.41. The third-order valence-corrected chi connectivity index (χ3v) is 10.2. The van der Waals surface area contributed by atoms with Gasteiger partial charge in [-0.15, -0.1) is 0 Å². The molecule has 0 atom stereocenters. The molecule has 0 aliphatic rings. The Balaban J connectivity index is 0.00000240. The molecule has 32 heavy (non-hydrogen) atoms. The van der Waals surface area contributed by atoms with Crippen LogP contribution in [0.1, 0.15) is 0 Å². The molecule has 0 heterocycles. The van der Waals surface area contributed by atoms with Crippen molar-refractivity contribution < 1.29 is 69.6 Å². The summed E-state index contributed by atoms with van der Waals surface area (Å²) in [6.45, 7) is 0.